The Morgan fingerprint density at radius 3 is 2.50 bits per heavy atom. The van der Waals surface area contributed by atoms with E-state index >= 15 is 8.78 Å². The van der Waals surface area contributed by atoms with Crippen LogP contribution in [0.25, 0.3) is 10.9 Å². The highest BCUT2D eigenvalue weighted by molar-refractivity contribution is 5.99. The van der Waals surface area contributed by atoms with Gasteiger partial charge in [-0.25, -0.2) is 13.6 Å². The van der Waals surface area contributed by atoms with E-state index in [4.69, 9.17) is 11.5 Å². The van der Waals surface area contributed by atoms with Crippen molar-refractivity contribution in [2.45, 2.75) is 37.8 Å². The van der Waals surface area contributed by atoms with E-state index in [1.165, 1.54) is 4.57 Å². The number of carboxylic acid groups (broad SMARTS) is 1. The van der Waals surface area contributed by atoms with Crippen LogP contribution < -0.4 is 21.8 Å². The molecule has 0 amide bonds. The Bertz CT molecular complexity index is 1110. The van der Waals surface area contributed by atoms with Crippen LogP contribution in [0.3, 0.4) is 0 Å². The minimum Gasteiger partial charge on any atom is -0.477 e. The van der Waals surface area contributed by atoms with Crippen LogP contribution in [-0.2, 0) is 0 Å². The Labute approximate surface area is 158 Å². The van der Waals surface area contributed by atoms with Crippen molar-refractivity contribution < 1.29 is 18.7 Å². The molecule has 28 heavy (non-hydrogen) atoms. The minimum absolute atomic E-state index is 0.0317. The molecule has 0 radical (unpaired) electrons. The molecule has 0 bridgehead atoms. The second-order valence-electron chi connectivity index (χ2n) is 8.27. The van der Waals surface area contributed by atoms with Crippen molar-refractivity contribution >= 4 is 28.2 Å². The summed E-state index contributed by atoms with van der Waals surface area (Å²) in [5, 5.41) is 8.94. The zero-order valence-corrected chi connectivity index (χ0v) is 15.0. The first-order valence-corrected chi connectivity index (χ1v) is 9.34. The summed E-state index contributed by atoms with van der Waals surface area (Å²) in [4.78, 5) is 25.7. The predicted molar refractivity (Wildman–Crippen MR) is 99.6 cm³/mol. The molecule has 2 heterocycles. The van der Waals surface area contributed by atoms with Crippen molar-refractivity contribution in [1.82, 2.24) is 4.57 Å². The van der Waals surface area contributed by atoms with Crippen LogP contribution in [0.2, 0.25) is 0 Å². The van der Waals surface area contributed by atoms with E-state index in [1.54, 1.807) is 4.90 Å². The van der Waals surface area contributed by atoms with Gasteiger partial charge in [-0.2, -0.15) is 0 Å². The number of nitrogens with zero attached hydrogens (tertiary/aromatic N) is 2. The number of rotatable bonds is 3. The molecular formula is C19H20F2N4O3. The molecule has 1 spiro atoms. The third-order valence-electron chi connectivity index (χ3n) is 6.49. The minimum atomic E-state index is -1.45. The zero-order chi connectivity index (χ0) is 20.0. The monoisotopic (exact) mass is 390 g/mol. The number of carbonyl (C=O) groups is 1. The highest BCUT2D eigenvalue weighted by Gasteiger charge is 2.56. The lowest BCUT2D eigenvalue weighted by atomic mass is 10.1. The van der Waals surface area contributed by atoms with Gasteiger partial charge in [0.05, 0.1) is 16.6 Å². The quantitative estimate of drug-likeness (QED) is 0.689. The molecule has 2 saturated carbocycles. The van der Waals surface area contributed by atoms with Gasteiger partial charge in [-0.05, 0) is 25.7 Å². The van der Waals surface area contributed by atoms with E-state index in [-0.39, 0.29) is 28.7 Å². The number of hydrogen-bond acceptors (Lipinski definition) is 5. The first-order chi connectivity index (χ1) is 13.2. The van der Waals surface area contributed by atoms with E-state index < -0.39 is 39.7 Å². The van der Waals surface area contributed by atoms with Gasteiger partial charge < -0.3 is 26.0 Å². The fourth-order valence-corrected chi connectivity index (χ4v) is 4.56. The Balaban J connectivity index is 1.78. The largest absolute Gasteiger partial charge is 0.477 e. The first kappa shape index (κ1) is 17.4. The number of aromatic carboxylic acids is 1. The van der Waals surface area contributed by atoms with Gasteiger partial charge in [0.15, 0.2) is 11.6 Å². The summed E-state index contributed by atoms with van der Waals surface area (Å²) >= 11 is 0. The van der Waals surface area contributed by atoms with Crippen molar-refractivity contribution in [2.24, 2.45) is 11.1 Å². The zero-order valence-electron chi connectivity index (χ0n) is 15.0. The maximum absolute atomic E-state index is 15.6. The molecule has 2 atom stereocenters. The molecule has 1 saturated heterocycles. The maximum atomic E-state index is 15.6. The average molecular weight is 390 g/mol. The van der Waals surface area contributed by atoms with Gasteiger partial charge in [0.1, 0.15) is 11.3 Å². The van der Waals surface area contributed by atoms with E-state index in [9.17, 15) is 14.7 Å². The number of nitrogens with two attached hydrogens (primary N) is 2. The Hall–Kier alpha value is -2.68. The van der Waals surface area contributed by atoms with Gasteiger partial charge in [0.2, 0.25) is 5.43 Å². The molecule has 1 aromatic carbocycles. The molecule has 5 N–H and O–H groups in total. The number of carboxylic acids is 1. The van der Waals surface area contributed by atoms with Gasteiger partial charge in [0, 0.05) is 36.8 Å². The van der Waals surface area contributed by atoms with Gasteiger partial charge in [-0.1, -0.05) is 0 Å². The average Bonchev–Trinajstić information content (AvgIpc) is 3.53. The maximum Gasteiger partial charge on any atom is 0.341 e. The highest BCUT2D eigenvalue weighted by atomic mass is 19.1. The molecule has 2 aromatic rings. The molecular weight excluding hydrogens is 370 g/mol. The number of halogens is 2. The van der Waals surface area contributed by atoms with Crippen LogP contribution in [0.1, 0.15) is 42.1 Å². The normalized spacial score (nSPS) is 26.4. The summed E-state index contributed by atoms with van der Waals surface area (Å²) in [5.41, 5.74) is 9.43. The predicted octanol–water partition coefficient (Wildman–Crippen LogP) is 1.82. The van der Waals surface area contributed by atoms with E-state index in [0.717, 1.165) is 31.9 Å². The number of pyridine rings is 1. The molecule has 148 valence electrons. The topological polar surface area (TPSA) is 115 Å². The fraction of sp³-hybridized carbons (Fsp3) is 0.474. The third-order valence-corrected chi connectivity index (χ3v) is 6.49. The summed E-state index contributed by atoms with van der Waals surface area (Å²) in [7, 11) is 0. The third kappa shape index (κ3) is 2.22. The molecule has 1 aliphatic heterocycles. The standard InChI is InChI=1S/C19H20F2N4O3/c20-12-14(23)11-15(25(8-1-2-8)6-9(17(11)26)18(27)28)13(21)16(12)24-4-3-19(7-24)5-10(19)22/h6,8,10H,1-5,7,22-23H2,(H,27,28). The first-order valence-electron chi connectivity index (χ1n) is 9.34. The SMILES string of the molecule is Nc1c(F)c(N2CCC3(CC3N)C2)c(F)c2c1c(=O)c(C(=O)O)cn2C1CC1. The number of nitrogen functional groups attached to an aromatic ring is 1. The molecule has 2 aliphatic carbocycles. The van der Waals surface area contributed by atoms with Gasteiger partial charge in [0.25, 0.3) is 0 Å². The van der Waals surface area contributed by atoms with Crippen LogP contribution in [0, 0.1) is 17.0 Å². The molecule has 2 unspecified atom stereocenters. The summed E-state index contributed by atoms with van der Waals surface area (Å²) in [5.74, 6) is -3.33. The molecule has 3 fully saturated rings. The van der Waals surface area contributed by atoms with Gasteiger partial charge in [-0.15, -0.1) is 0 Å². The molecule has 7 nitrogen and oxygen atoms in total. The molecule has 3 aliphatic rings. The number of benzene rings is 1. The fourth-order valence-electron chi connectivity index (χ4n) is 4.56. The number of anilines is 2. The molecule has 5 rings (SSSR count). The van der Waals surface area contributed by atoms with E-state index in [1.807, 2.05) is 0 Å². The van der Waals surface area contributed by atoms with Gasteiger partial charge in [-0.3, -0.25) is 4.79 Å². The van der Waals surface area contributed by atoms with E-state index in [2.05, 4.69) is 0 Å². The second kappa shape index (κ2) is 5.44. The van der Waals surface area contributed by atoms with Crippen molar-refractivity contribution in [1.29, 1.82) is 0 Å². The summed E-state index contributed by atoms with van der Waals surface area (Å²) in [6, 6.07) is -0.0978. The lowest BCUT2D eigenvalue weighted by molar-refractivity contribution is 0.0695. The summed E-state index contributed by atoms with van der Waals surface area (Å²) in [6.07, 6.45) is 4.18. The highest BCUT2D eigenvalue weighted by Crippen LogP contribution is 2.53. The van der Waals surface area contributed by atoms with Crippen LogP contribution in [0.4, 0.5) is 20.2 Å². The van der Waals surface area contributed by atoms with Crippen molar-refractivity contribution in [3.8, 4) is 0 Å². The molecule has 1 aromatic heterocycles. The summed E-state index contributed by atoms with van der Waals surface area (Å²) < 4.78 is 32.2. The Morgan fingerprint density at radius 1 is 1.29 bits per heavy atom. The van der Waals surface area contributed by atoms with Crippen LogP contribution in [0.5, 0.6) is 0 Å². The lowest BCUT2D eigenvalue weighted by Crippen LogP contribution is -2.27. The Kier molecular flexibility index (Phi) is 3.38. The van der Waals surface area contributed by atoms with E-state index in [0.29, 0.717) is 13.1 Å². The smallest absolute Gasteiger partial charge is 0.341 e. The van der Waals surface area contributed by atoms with Crippen molar-refractivity contribution in [3.63, 3.8) is 0 Å². The number of hydrogen-bond donors (Lipinski definition) is 3. The van der Waals surface area contributed by atoms with Crippen molar-refractivity contribution in [2.75, 3.05) is 23.7 Å². The number of fused-ring (bicyclic) bond motifs is 1. The summed E-state index contributed by atoms with van der Waals surface area (Å²) in [6.45, 7) is 0.890. The Morgan fingerprint density at radius 2 is 1.96 bits per heavy atom. The van der Waals surface area contributed by atoms with Crippen molar-refractivity contribution in [3.05, 3.63) is 33.6 Å². The second-order valence-corrected chi connectivity index (χ2v) is 8.27. The van der Waals surface area contributed by atoms with Crippen LogP contribution >= 0.6 is 0 Å². The molecule has 9 heteroatoms. The van der Waals surface area contributed by atoms with Crippen LogP contribution in [0.15, 0.2) is 11.0 Å². The lowest BCUT2D eigenvalue weighted by Gasteiger charge is -2.24. The van der Waals surface area contributed by atoms with Crippen LogP contribution in [-0.4, -0.2) is 34.8 Å². The number of aromatic nitrogens is 1. The van der Waals surface area contributed by atoms with Gasteiger partial charge >= 0.3 is 5.97 Å².